The summed E-state index contributed by atoms with van der Waals surface area (Å²) in [5, 5.41) is 0. The first-order valence-corrected chi connectivity index (χ1v) is 19.7. The van der Waals surface area contributed by atoms with Gasteiger partial charge in [-0.1, -0.05) is 146 Å². The second kappa shape index (κ2) is 10.8. The molecule has 0 atom stereocenters. The summed E-state index contributed by atoms with van der Waals surface area (Å²) in [6.07, 6.45) is 0. The zero-order chi connectivity index (χ0) is 36.6. The van der Waals surface area contributed by atoms with Gasteiger partial charge < -0.3 is 19.6 Å². The zero-order valence-electron chi connectivity index (χ0n) is 30.7. The van der Waals surface area contributed by atoms with E-state index in [0.717, 1.165) is 0 Å². The Balaban J connectivity index is 1.17. The standard InChI is InChI=1S/C52H36N4/c1-5-23-43-39(19-1)40-20-2-6-24-44(40)51(43)35-15-13-17-37(31-35)53-33-55(49-29-11-9-27-47(49)53)52(45-25-7-3-21-41(45)42-22-4-8-26-46(42)52)56-34-54(38-18-14-16-36(51)32-38)48-28-10-12-30-50(48)56/h1-32H,33-34H2. The largest absolute Gasteiger partial charge is 0.321 e. The molecule has 8 aromatic carbocycles. The predicted molar refractivity (Wildman–Crippen MR) is 228 cm³/mol. The Morgan fingerprint density at radius 3 is 1.12 bits per heavy atom. The molecule has 2 aliphatic carbocycles. The maximum Gasteiger partial charge on any atom is 0.170 e. The molecule has 56 heavy (non-hydrogen) atoms. The molecule has 5 aliphatic rings. The van der Waals surface area contributed by atoms with Crippen molar-refractivity contribution in [2.45, 2.75) is 11.1 Å². The van der Waals surface area contributed by atoms with E-state index in [9.17, 15) is 0 Å². The fourth-order valence-corrected chi connectivity index (χ4v) is 11.2. The van der Waals surface area contributed by atoms with Crippen molar-refractivity contribution in [2.75, 3.05) is 32.9 Å². The fourth-order valence-electron chi connectivity index (χ4n) is 11.2. The molecular weight excluding hydrogens is 681 g/mol. The van der Waals surface area contributed by atoms with E-state index in [1.54, 1.807) is 0 Å². The van der Waals surface area contributed by atoms with Crippen LogP contribution in [0.15, 0.2) is 194 Å². The Bertz CT molecular complexity index is 2750. The highest BCUT2D eigenvalue weighted by Crippen LogP contribution is 2.62. The van der Waals surface area contributed by atoms with E-state index < -0.39 is 11.1 Å². The summed E-state index contributed by atoms with van der Waals surface area (Å²) >= 11 is 0. The average Bonchev–Trinajstić information content (AvgIpc) is 4.01. The Morgan fingerprint density at radius 2 is 0.679 bits per heavy atom. The third-order valence-electron chi connectivity index (χ3n) is 13.3. The molecule has 0 unspecified atom stereocenters. The lowest BCUT2D eigenvalue weighted by Gasteiger charge is -2.49. The van der Waals surface area contributed by atoms with E-state index in [4.69, 9.17) is 0 Å². The van der Waals surface area contributed by atoms with Crippen LogP contribution in [0.2, 0.25) is 0 Å². The lowest BCUT2D eigenvalue weighted by atomic mass is 9.67. The van der Waals surface area contributed by atoms with Gasteiger partial charge in [0.1, 0.15) is 0 Å². The number of hydrogen-bond donors (Lipinski definition) is 0. The molecule has 13 rings (SSSR count). The highest BCUT2D eigenvalue weighted by molar-refractivity contribution is 5.95. The summed E-state index contributed by atoms with van der Waals surface area (Å²) in [6.45, 7) is 1.35. The molecule has 0 saturated carbocycles. The molecular formula is C52H36N4. The van der Waals surface area contributed by atoms with Crippen LogP contribution in [0.4, 0.5) is 34.1 Å². The molecule has 8 bridgehead atoms. The van der Waals surface area contributed by atoms with Crippen LogP contribution in [-0.4, -0.2) is 13.3 Å². The van der Waals surface area contributed by atoms with Crippen LogP contribution in [-0.2, 0) is 11.1 Å². The summed E-state index contributed by atoms with van der Waals surface area (Å²) < 4.78 is 0. The van der Waals surface area contributed by atoms with Crippen molar-refractivity contribution < 1.29 is 0 Å². The maximum absolute atomic E-state index is 2.69. The Hall–Kier alpha value is -7.04. The number of rotatable bonds is 0. The number of hydrogen-bond acceptors (Lipinski definition) is 4. The van der Waals surface area contributed by atoms with Gasteiger partial charge in [-0.15, -0.1) is 0 Å². The van der Waals surface area contributed by atoms with Crippen molar-refractivity contribution in [3.05, 3.63) is 228 Å². The molecule has 0 radical (unpaired) electrons. The number of anilines is 6. The fraction of sp³-hybridized carbons (Fsp3) is 0.0769. The van der Waals surface area contributed by atoms with Gasteiger partial charge in [0.05, 0.1) is 41.5 Å². The highest BCUT2D eigenvalue weighted by Gasteiger charge is 2.57. The van der Waals surface area contributed by atoms with Crippen LogP contribution < -0.4 is 19.6 Å². The van der Waals surface area contributed by atoms with E-state index in [2.05, 4.69) is 214 Å². The molecule has 0 saturated heterocycles. The summed E-state index contributed by atoms with van der Waals surface area (Å²) in [7, 11) is 0. The zero-order valence-corrected chi connectivity index (χ0v) is 30.7. The lowest BCUT2D eigenvalue weighted by Crippen LogP contribution is -2.59. The maximum atomic E-state index is 2.69. The van der Waals surface area contributed by atoms with Gasteiger partial charge in [0.15, 0.2) is 5.66 Å². The second-order valence-electron chi connectivity index (χ2n) is 15.7. The van der Waals surface area contributed by atoms with Crippen molar-refractivity contribution in [2.24, 2.45) is 0 Å². The highest BCUT2D eigenvalue weighted by atomic mass is 15.5. The Labute approximate surface area is 326 Å². The van der Waals surface area contributed by atoms with Crippen LogP contribution in [0.5, 0.6) is 0 Å². The van der Waals surface area contributed by atoms with E-state index in [0.29, 0.717) is 13.3 Å². The first-order chi connectivity index (χ1) is 27.8. The Morgan fingerprint density at radius 1 is 0.321 bits per heavy atom. The van der Waals surface area contributed by atoms with Gasteiger partial charge in [0.25, 0.3) is 0 Å². The molecule has 264 valence electrons. The van der Waals surface area contributed by atoms with E-state index in [1.807, 2.05) is 0 Å². The normalized spacial score (nSPS) is 16.6. The molecule has 4 nitrogen and oxygen atoms in total. The van der Waals surface area contributed by atoms with Crippen LogP contribution in [0.25, 0.3) is 22.3 Å². The number of nitrogens with zero attached hydrogens (tertiary/aromatic N) is 4. The summed E-state index contributed by atoms with van der Waals surface area (Å²) in [4.78, 5) is 10.5. The third-order valence-corrected chi connectivity index (χ3v) is 13.3. The number of fused-ring (bicyclic) bond motifs is 30. The van der Waals surface area contributed by atoms with Gasteiger partial charge in [-0.25, -0.2) is 0 Å². The summed E-state index contributed by atoms with van der Waals surface area (Å²) in [5.74, 6) is 0. The van der Waals surface area contributed by atoms with E-state index in [-0.39, 0.29) is 0 Å². The topological polar surface area (TPSA) is 13.0 Å². The van der Waals surface area contributed by atoms with Crippen LogP contribution >= 0.6 is 0 Å². The van der Waals surface area contributed by atoms with Crippen LogP contribution in [0, 0.1) is 0 Å². The molecule has 3 aliphatic heterocycles. The first kappa shape index (κ1) is 30.3. The van der Waals surface area contributed by atoms with Gasteiger partial charge in [-0.05, 0) is 93.0 Å². The van der Waals surface area contributed by atoms with Crippen molar-refractivity contribution in [3.8, 4) is 22.3 Å². The van der Waals surface area contributed by atoms with Gasteiger partial charge in [0.2, 0.25) is 0 Å². The van der Waals surface area contributed by atoms with Gasteiger partial charge in [0, 0.05) is 22.5 Å². The summed E-state index contributed by atoms with van der Waals surface area (Å²) in [6, 6.07) is 73.3. The first-order valence-electron chi connectivity index (χ1n) is 19.7. The minimum absolute atomic E-state index is 0.522. The molecule has 0 N–H and O–H groups in total. The van der Waals surface area contributed by atoms with Gasteiger partial charge in [-0.2, -0.15) is 0 Å². The van der Waals surface area contributed by atoms with Gasteiger partial charge in [-0.3, -0.25) is 0 Å². The minimum atomic E-state index is -0.646. The molecule has 4 heteroatoms. The monoisotopic (exact) mass is 716 g/mol. The van der Waals surface area contributed by atoms with Gasteiger partial charge >= 0.3 is 0 Å². The molecule has 0 fully saturated rings. The van der Waals surface area contributed by atoms with Crippen molar-refractivity contribution in [1.82, 2.24) is 0 Å². The van der Waals surface area contributed by atoms with Crippen LogP contribution in [0.1, 0.15) is 33.4 Å². The van der Waals surface area contributed by atoms with E-state index >= 15 is 0 Å². The quantitative estimate of drug-likeness (QED) is 0.155. The molecule has 3 heterocycles. The van der Waals surface area contributed by atoms with Crippen molar-refractivity contribution in [3.63, 3.8) is 0 Å². The van der Waals surface area contributed by atoms with Crippen molar-refractivity contribution in [1.29, 1.82) is 0 Å². The third kappa shape index (κ3) is 3.56. The second-order valence-corrected chi connectivity index (χ2v) is 15.7. The van der Waals surface area contributed by atoms with E-state index in [1.165, 1.54) is 89.8 Å². The number of benzene rings is 8. The Kier molecular flexibility index (Phi) is 5.84. The molecule has 8 aromatic rings. The predicted octanol–water partition coefficient (Wildman–Crippen LogP) is 11.8. The van der Waals surface area contributed by atoms with Crippen LogP contribution in [0.3, 0.4) is 0 Å². The molecule has 0 aromatic heterocycles. The average molecular weight is 717 g/mol. The smallest absolute Gasteiger partial charge is 0.170 e. The lowest BCUT2D eigenvalue weighted by molar-refractivity contribution is 0.472. The minimum Gasteiger partial charge on any atom is -0.321 e. The molecule has 2 spiro atoms. The summed E-state index contributed by atoms with van der Waals surface area (Å²) in [5.41, 5.74) is 19.1. The SMILES string of the molecule is c1cc2cc(c1)C1(c3cccc(c3)N3CN(c4ccccc43)C3(c4ccccc4-c4ccccc43)N3CN2c2ccccc23)c2ccccc2-c2ccccc21. The number of para-hydroxylation sites is 4. The van der Waals surface area contributed by atoms with Crippen molar-refractivity contribution >= 4 is 34.1 Å². The molecule has 0 amide bonds.